The lowest BCUT2D eigenvalue weighted by molar-refractivity contribution is 0.0724. The Balaban J connectivity index is 1.68. The number of halogens is 1. The molecule has 1 amide bonds. The van der Waals surface area contributed by atoms with E-state index in [4.69, 9.17) is 11.6 Å². The smallest absolute Gasteiger partial charge is 0.293 e. The van der Waals surface area contributed by atoms with Crippen molar-refractivity contribution in [2.75, 3.05) is 20.1 Å². The summed E-state index contributed by atoms with van der Waals surface area (Å²) in [5.41, 5.74) is 0.783. The van der Waals surface area contributed by atoms with Gasteiger partial charge >= 0.3 is 0 Å². The number of carbonyl (C=O) groups excluding carboxylic acids is 1. The first-order valence-corrected chi connectivity index (χ1v) is 9.24. The topological polar surface area (TPSA) is 63.1 Å². The third-order valence-corrected chi connectivity index (χ3v) is 5.24. The van der Waals surface area contributed by atoms with E-state index in [-0.39, 0.29) is 17.8 Å². The van der Waals surface area contributed by atoms with Crippen molar-refractivity contribution in [2.24, 2.45) is 0 Å². The van der Waals surface area contributed by atoms with Crippen molar-refractivity contribution in [3.8, 4) is 5.69 Å². The second-order valence-corrected chi connectivity index (χ2v) is 7.19. The highest BCUT2D eigenvalue weighted by Gasteiger charge is 2.35. The first-order valence-electron chi connectivity index (χ1n) is 8.86. The van der Waals surface area contributed by atoms with Gasteiger partial charge in [0.25, 0.3) is 5.91 Å². The van der Waals surface area contributed by atoms with Crippen LogP contribution in [-0.2, 0) is 0 Å². The van der Waals surface area contributed by atoms with Gasteiger partial charge in [0.1, 0.15) is 5.82 Å². The molecule has 132 valence electrons. The van der Waals surface area contributed by atoms with Crippen LogP contribution >= 0.6 is 11.6 Å². The Hall–Kier alpha value is -1.92. The maximum Gasteiger partial charge on any atom is 0.293 e. The zero-order chi connectivity index (χ0) is 17.4. The third kappa shape index (κ3) is 3.16. The molecule has 1 aromatic carbocycles. The summed E-state index contributed by atoms with van der Waals surface area (Å²) in [5, 5.41) is 8.33. The molecule has 1 aliphatic heterocycles. The highest BCUT2D eigenvalue weighted by Crippen LogP contribution is 2.40. The fourth-order valence-electron chi connectivity index (χ4n) is 3.50. The number of nitrogens with one attached hydrogen (secondary N) is 1. The van der Waals surface area contributed by atoms with Crippen molar-refractivity contribution < 1.29 is 4.79 Å². The van der Waals surface area contributed by atoms with Crippen LogP contribution < -0.4 is 5.32 Å². The fourth-order valence-corrected chi connectivity index (χ4v) is 3.72. The number of likely N-dealkylation sites (tertiary alicyclic amines) is 1. The van der Waals surface area contributed by atoms with Crippen LogP contribution in [0.15, 0.2) is 24.3 Å². The normalized spacial score (nSPS) is 20.2. The van der Waals surface area contributed by atoms with Gasteiger partial charge < -0.3 is 10.2 Å². The third-order valence-electron chi connectivity index (χ3n) is 4.92. The van der Waals surface area contributed by atoms with E-state index in [0.29, 0.717) is 10.9 Å². The summed E-state index contributed by atoms with van der Waals surface area (Å²) in [4.78, 5) is 19.5. The van der Waals surface area contributed by atoms with Crippen LogP contribution in [0.1, 0.15) is 48.0 Å². The highest BCUT2D eigenvalue weighted by atomic mass is 35.5. The standard InChI is InChI=1S/C18H22ClN5O/c1-20-11-13-5-4-10-23(13)18(25)16-21-17(12-8-9-12)24(22-16)15-7-3-2-6-14(15)19/h2-3,6-7,12-13,20H,4-5,8-11H2,1H3. The Kier molecular flexibility index (Phi) is 4.48. The van der Waals surface area contributed by atoms with Crippen LogP contribution in [0.5, 0.6) is 0 Å². The molecule has 1 unspecified atom stereocenters. The van der Waals surface area contributed by atoms with Crippen molar-refractivity contribution in [3.63, 3.8) is 0 Å². The summed E-state index contributed by atoms with van der Waals surface area (Å²) in [6.07, 6.45) is 4.22. The Labute approximate surface area is 152 Å². The van der Waals surface area contributed by atoms with Crippen molar-refractivity contribution >= 4 is 17.5 Å². The number of rotatable bonds is 5. The molecule has 0 bridgehead atoms. The first kappa shape index (κ1) is 16.5. The number of amides is 1. The highest BCUT2D eigenvalue weighted by molar-refractivity contribution is 6.32. The molecule has 2 heterocycles. The average Bonchev–Trinajstić information content (AvgIpc) is 3.19. The molecule has 2 fully saturated rings. The largest absolute Gasteiger partial charge is 0.332 e. The zero-order valence-electron chi connectivity index (χ0n) is 14.3. The van der Waals surface area contributed by atoms with Crippen molar-refractivity contribution in [1.29, 1.82) is 0 Å². The van der Waals surface area contributed by atoms with Gasteiger partial charge in [0.2, 0.25) is 5.82 Å². The van der Waals surface area contributed by atoms with Crippen LogP contribution in [-0.4, -0.2) is 51.8 Å². The van der Waals surface area contributed by atoms with E-state index in [0.717, 1.165) is 50.3 Å². The quantitative estimate of drug-likeness (QED) is 0.891. The molecule has 1 aromatic heterocycles. The molecule has 1 N–H and O–H groups in total. The van der Waals surface area contributed by atoms with E-state index in [1.54, 1.807) is 4.68 Å². The van der Waals surface area contributed by atoms with E-state index in [2.05, 4.69) is 15.4 Å². The van der Waals surface area contributed by atoms with Gasteiger partial charge in [-0.2, -0.15) is 0 Å². The summed E-state index contributed by atoms with van der Waals surface area (Å²) in [7, 11) is 1.91. The summed E-state index contributed by atoms with van der Waals surface area (Å²) < 4.78 is 1.76. The molecule has 1 aliphatic carbocycles. The Morgan fingerprint density at radius 3 is 2.84 bits per heavy atom. The van der Waals surface area contributed by atoms with Gasteiger partial charge in [-0.25, -0.2) is 9.67 Å². The molecule has 1 saturated heterocycles. The Morgan fingerprint density at radius 2 is 2.12 bits per heavy atom. The predicted molar refractivity (Wildman–Crippen MR) is 96.3 cm³/mol. The molecular formula is C18H22ClN5O. The van der Waals surface area contributed by atoms with Gasteiger partial charge in [-0.05, 0) is 44.9 Å². The number of aromatic nitrogens is 3. The van der Waals surface area contributed by atoms with E-state index in [9.17, 15) is 4.79 Å². The molecular weight excluding hydrogens is 338 g/mol. The minimum Gasteiger partial charge on any atom is -0.332 e. The maximum absolute atomic E-state index is 13.0. The van der Waals surface area contributed by atoms with Crippen LogP contribution in [0.4, 0.5) is 0 Å². The molecule has 7 heteroatoms. The van der Waals surface area contributed by atoms with E-state index in [1.807, 2.05) is 36.2 Å². The molecule has 4 rings (SSSR count). The fraction of sp³-hybridized carbons (Fsp3) is 0.500. The Morgan fingerprint density at radius 1 is 1.32 bits per heavy atom. The first-order chi connectivity index (χ1) is 12.2. The minimum atomic E-state index is -0.0783. The number of hydrogen-bond acceptors (Lipinski definition) is 4. The predicted octanol–water partition coefficient (Wildman–Crippen LogP) is 2.62. The summed E-state index contributed by atoms with van der Waals surface area (Å²) in [6.45, 7) is 1.57. The molecule has 0 radical (unpaired) electrons. The van der Waals surface area contributed by atoms with Crippen molar-refractivity contribution in [3.05, 3.63) is 40.9 Å². The van der Waals surface area contributed by atoms with Gasteiger partial charge in [-0.1, -0.05) is 23.7 Å². The number of carbonyl (C=O) groups is 1. The summed E-state index contributed by atoms with van der Waals surface area (Å²) in [5.74, 6) is 1.42. The van der Waals surface area contributed by atoms with Gasteiger partial charge in [-0.3, -0.25) is 4.79 Å². The van der Waals surface area contributed by atoms with Gasteiger partial charge in [0.15, 0.2) is 0 Å². The van der Waals surface area contributed by atoms with Crippen molar-refractivity contribution in [1.82, 2.24) is 25.0 Å². The molecule has 1 saturated carbocycles. The lowest BCUT2D eigenvalue weighted by Gasteiger charge is -2.23. The molecule has 25 heavy (non-hydrogen) atoms. The van der Waals surface area contributed by atoms with Gasteiger partial charge in [-0.15, -0.1) is 5.10 Å². The zero-order valence-corrected chi connectivity index (χ0v) is 15.0. The summed E-state index contributed by atoms with van der Waals surface area (Å²) in [6, 6.07) is 7.77. The number of likely N-dealkylation sites (N-methyl/N-ethyl adjacent to an activating group) is 1. The SMILES string of the molecule is CNCC1CCCN1C(=O)c1nc(C2CC2)n(-c2ccccc2Cl)n1. The van der Waals surface area contributed by atoms with E-state index < -0.39 is 0 Å². The van der Waals surface area contributed by atoms with Crippen LogP contribution in [0.25, 0.3) is 5.69 Å². The number of benzene rings is 1. The van der Waals surface area contributed by atoms with E-state index >= 15 is 0 Å². The van der Waals surface area contributed by atoms with Gasteiger partial charge in [0, 0.05) is 25.0 Å². The average molecular weight is 360 g/mol. The number of nitrogens with zero attached hydrogens (tertiary/aromatic N) is 4. The number of hydrogen-bond donors (Lipinski definition) is 1. The second kappa shape index (κ2) is 6.77. The molecule has 2 aliphatic rings. The monoisotopic (exact) mass is 359 g/mol. The second-order valence-electron chi connectivity index (χ2n) is 6.78. The van der Waals surface area contributed by atoms with Crippen LogP contribution in [0.2, 0.25) is 5.02 Å². The van der Waals surface area contributed by atoms with Crippen molar-refractivity contribution in [2.45, 2.75) is 37.6 Å². The minimum absolute atomic E-state index is 0.0783. The lowest BCUT2D eigenvalue weighted by atomic mass is 10.2. The van der Waals surface area contributed by atoms with Gasteiger partial charge in [0.05, 0.1) is 10.7 Å². The molecule has 1 atom stereocenters. The lowest BCUT2D eigenvalue weighted by Crippen LogP contribution is -2.41. The maximum atomic E-state index is 13.0. The molecule has 0 spiro atoms. The Bertz CT molecular complexity index is 786. The van der Waals surface area contributed by atoms with E-state index in [1.165, 1.54) is 0 Å². The van der Waals surface area contributed by atoms with Crippen LogP contribution in [0, 0.1) is 0 Å². The van der Waals surface area contributed by atoms with Crippen LogP contribution in [0.3, 0.4) is 0 Å². The molecule has 2 aromatic rings. The number of para-hydroxylation sites is 1. The molecule has 6 nitrogen and oxygen atoms in total. The summed E-state index contributed by atoms with van der Waals surface area (Å²) >= 11 is 6.34.